The summed E-state index contributed by atoms with van der Waals surface area (Å²) in [6, 6.07) is 13.2. The number of nitrogens with zero attached hydrogens (tertiary/aromatic N) is 1. The van der Waals surface area contributed by atoms with Crippen molar-refractivity contribution in [3.05, 3.63) is 53.6 Å². The highest BCUT2D eigenvalue weighted by Crippen LogP contribution is 2.30. The third kappa shape index (κ3) is 4.65. The van der Waals surface area contributed by atoms with Crippen LogP contribution in [0.3, 0.4) is 0 Å². The molecular weight excluding hydrogens is 344 g/mol. The van der Waals surface area contributed by atoms with E-state index >= 15 is 0 Å². The fourth-order valence-corrected chi connectivity index (χ4v) is 3.29. The Labute approximate surface area is 159 Å². The fourth-order valence-electron chi connectivity index (χ4n) is 3.29. The average molecular weight is 368 g/mol. The Balaban J connectivity index is 1.73. The molecule has 0 aliphatic carbocycles. The van der Waals surface area contributed by atoms with Crippen molar-refractivity contribution in [2.45, 2.75) is 19.3 Å². The largest absolute Gasteiger partial charge is 0.497 e. The number of carbonyl (C=O) groups is 2. The van der Waals surface area contributed by atoms with Crippen molar-refractivity contribution in [2.24, 2.45) is 0 Å². The number of hydrogen-bond acceptors (Lipinski definition) is 4. The van der Waals surface area contributed by atoms with E-state index in [1.54, 1.807) is 12.0 Å². The molecule has 3 rings (SSSR count). The zero-order valence-corrected chi connectivity index (χ0v) is 15.7. The highest BCUT2D eigenvalue weighted by atomic mass is 16.5. The molecule has 1 heterocycles. The van der Waals surface area contributed by atoms with Crippen molar-refractivity contribution in [2.75, 3.05) is 37.6 Å². The molecular formula is C21H24N2O4. The second-order valence-electron chi connectivity index (χ2n) is 6.50. The second kappa shape index (κ2) is 8.68. The van der Waals surface area contributed by atoms with E-state index in [1.165, 1.54) is 7.11 Å². The van der Waals surface area contributed by atoms with E-state index in [-0.39, 0.29) is 24.8 Å². The van der Waals surface area contributed by atoms with Gasteiger partial charge in [-0.2, -0.15) is 0 Å². The van der Waals surface area contributed by atoms with Gasteiger partial charge in [-0.3, -0.25) is 9.59 Å². The minimum atomic E-state index is -0.117. The molecule has 0 atom stereocenters. The van der Waals surface area contributed by atoms with Gasteiger partial charge in [-0.15, -0.1) is 0 Å². The van der Waals surface area contributed by atoms with Crippen LogP contribution in [-0.2, 0) is 27.2 Å². The van der Waals surface area contributed by atoms with Crippen molar-refractivity contribution in [1.82, 2.24) is 0 Å². The summed E-state index contributed by atoms with van der Waals surface area (Å²) < 4.78 is 10.2. The molecule has 142 valence electrons. The first-order valence-electron chi connectivity index (χ1n) is 8.95. The van der Waals surface area contributed by atoms with E-state index in [9.17, 15) is 9.59 Å². The standard InChI is InChI=1S/C21H24N2O4/c1-26-14-21(25)23-10-4-6-16-8-9-17(13-19(16)23)22-20(24)12-15-5-3-7-18(11-15)27-2/h3,5,7-9,11,13H,4,6,10,12,14H2,1-2H3,(H,22,24). The van der Waals surface area contributed by atoms with Crippen LogP contribution in [-0.4, -0.2) is 39.2 Å². The first kappa shape index (κ1) is 18.9. The third-order valence-electron chi connectivity index (χ3n) is 4.56. The summed E-state index contributed by atoms with van der Waals surface area (Å²) in [5.41, 5.74) is 3.51. The molecule has 27 heavy (non-hydrogen) atoms. The number of rotatable bonds is 6. The lowest BCUT2D eigenvalue weighted by Crippen LogP contribution is -2.37. The van der Waals surface area contributed by atoms with Crippen LogP contribution in [0.1, 0.15) is 17.5 Å². The Morgan fingerprint density at radius 1 is 1.15 bits per heavy atom. The highest BCUT2D eigenvalue weighted by Gasteiger charge is 2.22. The summed E-state index contributed by atoms with van der Waals surface area (Å²) in [5.74, 6) is 0.536. The zero-order valence-electron chi connectivity index (χ0n) is 15.7. The van der Waals surface area contributed by atoms with Gasteiger partial charge >= 0.3 is 0 Å². The smallest absolute Gasteiger partial charge is 0.252 e. The van der Waals surface area contributed by atoms with Crippen LogP contribution in [0.4, 0.5) is 11.4 Å². The van der Waals surface area contributed by atoms with E-state index in [2.05, 4.69) is 5.32 Å². The molecule has 1 N–H and O–H groups in total. The SMILES string of the molecule is COCC(=O)N1CCCc2ccc(NC(=O)Cc3cccc(OC)c3)cc21. The van der Waals surface area contributed by atoms with Crippen LogP contribution < -0.4 is 15.0 Å². The Kier molecular flexibility index (Phi) is 6.08. The maximum atomic E-state index is 12.4. The minimum Gasteiger partial charge on any atom is -0.497 e. The number of fused-ring (bicyclic) bond motifs is 1. The quantitative estimate of drug-likeness (QED) is 0.851. The van der Waals surface area contributed by atoms with E-state index in [0.717, 1.165) is 35.4 Å². The molecule has 0 radical (unpaired) electrons. The monoisotopic (exact) mass is 368 g/mol. The molecule has 0 aromatic heterocycles. The molecule has 0 unspecified atom stereocenters. The van der Waals surface area contributed by atoms with Crippen LogP contribution in [0.25, 0.3) is 0 Å². The fraction of sp³-hybridized carbons (Fsp3) is 0.333. The lowest BCUT2D eigenvalue weighted by Gasteiger charge is -2.30. The topological polar surface area (TPSA) is 67.9 Å². The van der Waals surface area contributed by atoms with Gasteiger partial charge in [-0.25, -0.2) is 0 Å². The average Bonchev–Trinajstić information content (AvgIpc) is 2.67. The van der Waals surface area contributed by atoms with Crippen molar-refractivity contribution in [3.63, 3.8) is 0 Å². The number of benzene rings is 2. The van der Waals surface area contributed by atoms with E-state index in [1.807, 2.05) is 42.5 Å². The first-order chi connectivity index (χ1) is 13.1. The van der Waals surface area contributed by atoms with Gasteiger partial charge in [-0.1, -0.05) is 18.2 Å². The Morgan fingerprint density at radius 2 is 2.00 bits per heavy atom. The number of nitrogens with one attached hydrogen (secondary N) is 1. The molecule has 0 saturated carbocycles. The Bertz CT molecular complexity index is 835. The lowest BCUT2D eigenvalue weighted by atomic mass is 10.0. The Morgan fingerprint density at radius 3 is 2.78 bits per heavy atom. The van der Waals surface area contributed by atoms with Crippen molar-refractivity contribution in [1.29, 1.82) is 0 Å². The van der Waals surface area contributed by atoms with Crippen LogP contribution in [0.15, 0.2) is 42.5 Å². The summed E-state index contributed by atoms with van der Waals surface area (Å²) in [6.45, 7) is 0.711. The molecule has 0 spiro atoms. The normalized spacial score (nSPS) is 13.0. The summed E-state index contributed by atoms with van der Waals surface area (Å²) in [6.07, 6.45) is 2.09. The van der Waals surface area contributed by atoms with E-state index in [0.29, 0.717) is 12.2 Å². The van der Waals surface area contributed by atoms with Gasteiger partial charge in [0, 0.05) is 25.0 Å². The predicted octanol–water partition coefficient (Wildman–Crippen LogP) is 2.80. The molecule has 6 heteroatoms. The van der Waals surface area contributed by atoms with E-state index in [4.69, 9.17) is 9.47 Å². The van der Waals surface area contributed by atoms with Gasteiger partial charge in [0.25, 0.3) is 5.91 Å². The summed E-state index contributed by atoms with van der Waals surface area (Å²) >= 11 is 0. The molecule has 0 fully saturated rings. The number of carbonyl (C=O) groups excluding carboxylic acids is 2. The van der Waals surface area contributed by atoms with Gasteiger partial charge < -0.3 is 19.7 Å². The van der Waals surface area contributed by atoms with Crippen molar-refractivity contribution >= 4 is 23.2 Å². The van der Waals surface area contributed by atoms with Gasteiger partial charge in [0.15, 0.2) is 0 Å². The second-order valence-corrected chi connectivity index (χ2v) is 6.50. The molecule has 1 aliphatic heterocycles. The van der Waals surface area contributed by atoms with E-state index < -0.39 is 0 Å². The summed E-state index contributed by atoms with van der Waals surface area (Å²) in [7, 11) is 3.11. The lowest BCUT2D eigenvalue weighted by molar-refractivity contribution is -0.122. The molecule has 0 bridgehead atoms. The summed E-state index contributed by atoms with van der Waals surface area (Å²) in [4.78, 5) is 26.4. The molecule has 1 aliphatic rings. The van der Waals surface area contributed by atoms with Crippen LogP contribution in [0.2, 0.25) is 0 Å². The molecule has 0 saturated heterocycles. The maximum Gasteiger partial charge on any atom is 0.252 e. The Hall–Kier alpha value is -2.86. The number of methoxy groups -OCH3 is 2. The molecule has 2 amide bonds. The van der Waals surface area contributed by atoms with Crippen LogP contribution >= 0.6 is 0 Å². The number of aryl methyl sites for hydroxylation is 1. The summed E-state index contributed by atoms with van der Waals surface area (Å²) in [5, 5.41) is 2.92. The molecule has 6 nitrogen and oxygen atoms in total. The zero-order chi connectivity index (χ0) is 19.2. The van der Waals surface area contributed by atoms with Gasteiger partial charge in [0.05, 0.1) is 13.5 Å². The van der Waals surface area contributed by atoms with Gasteiger partial charge in [-0.05, 0) is 48.2 Å². The predicted molar refractivity (Wildman–Crippen MR) is 104 cm³/mol. The number of amides is 2. The first-order valence-corrected chi connectivity index (χ1v) is 8.95. The van der Waals surface area contributed by atoms with Gasteiger partial charge in [0.1, 0.15) is 12.4 Å². The number of ether oxygens (including phenoxy) is 2. The van der Waals surface area contributed by atoms with Crippen LogP contribution in [0.5, 0.6) is 5.75 Å². The van der Waals surface area contributed by atoms with Gasteiger partial charge in [0.2, 0.25) is 5.91 Å². The minimum absolute atomic E-state index is 0.0475. The van der Waals surface area contributed by atoms with Crippen molar-refractivity contribution < 1.29 is 19.1 Å². The number of anilines is 2. The highest BCUT2D eigenvalue weighted by molar-refractivity contribution is 5.97. The molecule has 2 aromatic rings. The van der Waals surface area contributed by atoms with Crippen molar-refractivity contribution in [3.8, 4) is 5.75 Å². The number of hydrogen-bond donors (Lipinski definition) is 1. The maximum absolute atomic E-state index is 12.4. The third-order valence-corrected chi connectivity index (χ3v) is 4.56. The molecule has 2 aromatic carbocycles. The van der Waals surface area contributed by atoms with Crippen LogP contribution in [0, 0.1) is 0 Å².